The number of carbonyl (C=O) groups is 2. The molecular formula is C14H16FNO3. The zero-order valence-corrected chi connectivity index (χ0v) is 10.7. The number of likely N-dealkylation sites (tertiary alicyclic amines) is 1. The number of aliphatic carboxylic acids is 1. The quantitative estimate of drug-likeness (QED) is 0.904. The Balaban J connectivity index is 2.01. The van der Waals surface area contributed by atoms with Gasteiger partial charge in [0.15, 0.2) is 0 Å². The average Bonchev–Trinajstić information content (AvgIpc) is 2.74. The number of carboxylic acids is 1. The Bertz CT molecular complexity index is 486. The molecule has 1 saturated heterocycles. The molecule has 0 aliphatic carbocycles. The highest BCUT2D eigenvalue weighted by Gasteiger charge is 2.37. The Morgan fingerprint density at radius 1 is 1.37 bits per heavy atom. The summed E-state index contributed by atoms with van der Waals surface area (Å²) in [6, 6.07) is 5.49. The fraction of sp³-hybridized carbons (Fsp3) is 0.429. The molecule has 0 radical (unpaired) electrons. The molecule has 2 rings (SSSR count). The molecular weight excluding hydrogens is 249 g/mol. The molecule has 0 bridgehead atoms. The van der Waals surface area contributed by atoms with Crippen LogP contribution in [0.5, 0.6) is 0 Å². The van der Waals surface area contributed by atoms with Crippen LogP contribution in [0.25, 0.3) is 0 Å². The summed E-state index contributed by atoms with van der Waals surface area (Å²) in [4.78, 5) is 24.7. The van der Waals surface area contributed by atoms with E-state index in [1.54, 1.807) is 24.0 Å². The lowest BCUT2D eigenvalue weighted by Crippen LogP contribution is -2.38. The lowest BCUT2D eigenvalue weighted by molar-refractivity contribution is -0.143. The van der Waals surface area contributed by atoms with Crippen molar-refractivity contribution in [2.45, 2.75) is 25.8 Å². The maximum Gasteiger partial charge on any atom is 0.308 e. The summed E-state index contributed by atoms with van der Waals surface area (Å²) in [5.74, 6) is -1.79. The van der Waals surface area contributed by atoms with Crippen LogP contribution in [0.4, 0.5) is 4.39 Å². The van der Waals surface area contributed by atoms with Crippen LogP contribution in [0.15, 0.2) is 24.3 Å². The summed E-state index contributed by atoms with van der Waals surface area (Å²) in [6.07, 6.45) is 0.669. The molecule has 0 saturated carbocycles. The van der Waals surface area contributed by atoms with Crippen molar-refractivity contribution in [2.24, 2.45) is 5.92 Å². The summed E-state index contributed by atoms with van der Waals surface area (Å²) < 4.78 is 12.8. The van der Waals surface area contributed by atoms with E-state index in [0.717, 1.165) is 5.56 Å². The lowest BCUT2D eigenvalue weighted by atomic mass is 10.0. The molecule has 1 fully saturated rings. The van der Waals surface area contributed by atoms with Crippen molar-refractivity contribution in [3.05, 3.63) is 35.6 Å². The molecule has 1 N–H and O–H groups in total. The van der Waals surface area contributed by atoms with Gasteiger partial charge in [-0.3, -0.25) is 9.59 Å². The topological polar surface area (TPSA) is 57.6 Å². The summed E-state index contributed by atoms with van der Waals surface area (Å²) in [5, 5.41) is 9.02. The van der Waals surface area contributed by atoms with Crippen LogP contribution >= 0.6 is 0 Å². The van der Waals surface area contributed by atoms with Gasteiger partial charge in [0, 0.05) is 12.6 Å². The number of carboxylic acid groups (broad SMARTS) is 1. The number of amides is 1. The molecule has 2 unspecified atom stereocenters. The highest BCUT2D eigenvalue weighted by atomic mass is 19.1. The molecule has 2 atom stereocenters. The first-order chi connectivity index (χ1) is 8.99. The van der Waals surface area contributed by atoms with E-state index in [0.29, 0.717) is 13.0 Å². The van der Waals surface area contributed by atoms with Crippen LogP contribution < -0.4 is 0 Å². The Labute approximate surface area is 110 Å². The van der Waals surface area contributed by atoms with E-state index in [1.807, 2.05) is 0 Å². The van der Waals surface area contributed by atoms with E-state index < -0.39 is 11.9 Å². The monoisotopic (exact) mass is 265 g/mol. The predicted molar refractivity (Wildman–Crippen MR) is 67.0 cm³/mol. The third kappa shape index (κ3) is 2.92. The van der Waals surface area contributed by atoms with Gasteiger partial charge >= 0.3 is 5.97 Å². The number of nitrogens with zero attached hydrogens (tertiary/aromatic N) is 1. The van der Waals surface area contributed by atoms with Crippen molar-refractivity contribution < 1.29 is 19.1 Å². The first kappa shape index (κ1) is 13.5. The maximum absolute atomic E-state index is 12.8. The minimum absolute atomic E-state index is 0.108. The van der Waals surface area contributed by atoms with Gasteiger partial charge in [0.1, 0.15) is 5.82 Å². The first-order valence-electron chi connectivity index (χ1n) is 6.25. The normalized spacial score (nSPS) is 22.5. The van der Waals surface area contributed by atoms with Crippen LogP contribution in [-0.2, 0) is 16.0 Å². The van der Waals surface area contributed by atoms with E-state index >= 15 is 0 Å². The number of rotatable bonds is 3. The number of carbonyl (C=O) groups excluding carboxylic acids is 1. The van der Waals surface area contributed by atoms with Gasteiger partial charge in [-0.2, -0.15) is 0 Å². The van der Waals surface area contributed by atoms with Crippen molar-refractivity contribution >= 4 is 11.9 Å². The zero-order chi connectivity index (χ0) is 14.0. The molecule has 1 aliphatic rings. The molecule has 0 spiro atoms. The number of hydrogen-bond acceptors (Lipinski definition) is 2. The van der Waals surface area contributed by atoms with E-state index in [-0.39, 0.29) is 24.2 Å². The van der Waals surface area contributed by atoms with Gasteiger partial charge in [0.25, 0.3) is 0 Å². The van der Waals surface area contributed by atoms with Gasteiger partial charge < -0.3 is 10.0 Å². The van der Waals surface area contributed by atoms with Crippen LogP contribution in [0.3, 0.4) is 0 Å². The van der Waals surface area contributed by atoms with Crippen molar-refractivity contribution in [2.75, 3.05) is 6.54 Å². The summed E-state index contributed by atoms with van der Waals surface area (Å²) in [7, 11) is 0. The fourth-order valence-corrected chi connectivity index (χ4v) is 2.50. The van der Waals surface area contributed by atoms with Gasteiger partial charge in [-0.05, 0) is 31.0 Å². The highest BCUT2D eigenvalue weighted by molar-refractivity contribution is 5.81. The van der Waals surface area contributed by atoms with Gasteiger partial charge in [-0.15, -0.1) is 0 Å². The smallest absolute Gasteiger partial charge is 0.308 e. The molecule has 1 aliphatic heterocycles. The Morgan fingerprint density at radius 2 is 2.00 bits per heavy atom. The van der Waals surface area contributed by atoms with Crippen LogP contribution in [0.1, 0.15) is 18.9 Å². The van der Waals surface area contributed by atoms with Gasteiger partial charge in [-0.1, -0.05) is 12.1 Å². The molecule has 5 heteroatoms. The Kier molecular flexibility index (Phi) is 3.83. The molecule has 1 amide bonds. The molecule has 0 aromatic heterocycles. The van der Waals surface area contributed by atoms with E-state index in [1.165, 1.54) is 12.1 Å². The molecule has 102 valence electrons. The summed E-state index contributed by atoms with van der Waals surface area (Å²) in [6.45, 7) is 2.23. The largest absolute Gasteiger partial charge is 0.481 e. The molecule has 4 nitrogen and oxygen atoms in total. The highest BCUT2D eigenvalue weighted by Crippen LogP contribution is 2.25. The van der Waals surface area contributed by atoms with E-state index in [9.17, 15) is 14.0 Å². The van der Waals surface area contributed by atoms with Gasteiger partial charge in [0.2, 0.25) is 5.91 Å². The minimum Gasteiger partial charge on any atom is -0.481 e. The third-order valence-corrected chi connectivity index (χ3v) is 3.66. The average molecular weight is 265 g/mol. The predicted octanol–water partition coefficient (Wildman–Crippen LogP) is 1.69. The lowest BCUT2D eigenvalue weighted by Gasteiger charge is -2.23. The number of hydrogen-bond donors (Lipinski definition) is 1. The Morgan fingerprint density at radius 3 is 2.53 bits per heavy atom. The number of halogens is 1. The maximum atomic E-state index is 12.8. The van der Waals surface area contributed by atoms with Crippen molar-refractivity contribution in [1.29, 1.82) is 0 Å². The second-order valence-corrected chi connectivity index (χ2v) is 4.86. The van der Waals surface area contributed by atoms with Gasteiger partial charge in [0.05, 0.1) is 12.3 Å². The zero-order valence-electron chi connectivity index (χ0n) is 10.7. The standard InChI is InChI=1S/C14H16FNO3/c1-9-12(14(18)19)6-7-16(9)13(17)8-10-2-4-11(15)5-3-10/h2-5,9,12H,6-8H2,1H3,(H,18,19). The fourth-order valence-electron chi connectivity index (χ4n) is 2.50. The molecule has 1 aromatic rings. The molecule has 1 heterocycles. The number of benzene rings is 1. The summed E-state index contributed by atoms with van der Waals surface area (Å²) in [5.41, 5.74) is 0.734. The second-order valence-electron chi connectivity index (χ2n) is 4.86. The molecule has 19 heavy (non-hydrogen) atoms. The minimum atomic E-state index is -0.857. The van der Waals surface area contributed by atoms with Crippen molar-refractivity contribution in [3.8, 4) is 0 Å². The van der Waals surface area contributed by atoms with E-state index in [4.69, 9.17) is 5.11 Å². The van der Waals surface area contributed by atoms with Crippen LogP contribution in [0.2, 0.25) is 0 Å². The third-order valence-electron chi connectivity index (χ3n) is 3.66. The van der Waals surface area contributed by atoms with Crippen molar-refractivity contribution in [3.63, 3.8) is 0 Å². The van der Waals surface area contributed by atoms with Crippen LogP contribution in [-0.4, -0.2) is 34.5 Å². The second kappa shape index (κ2) is 5.38. The van der Waals surface area contributed by atoms with Crippen molar-refractivity contribution in [1.82, 2.24) is 4.90 Å². The van der Waals surface area contributed by atoms with Crippen LogP contribution in [0, 0.1) is 11.7 Å². The van der Waals surface area contributed by atoms with Gasteiger partial charge in [-0.25, -0.2) is 4.39 Å². The Hall–Kier alpha value is -1.91. The van der Waals surface area contributed by atoms with E-state index in [2.05, 4.69) is 0 Å². The SMILES string of the molecule is CC1C(C(=O)O)CCN1C(=O)Cc1ccc(F)cc1. The summed E-state index contributed by atoms with van der Waals surface area (Å²) >= 11 is 0. The molecule has 1 aromatic carbocycles. The first-order valence-corrected chi connectivity index (χ1v) is 6.25.